The summed E-state index contributed by atoms with van der Waals surface area (Å²) in [6.07, 6.45) is 3.16. The lowest BCUT2D eigenvalue weighted by atomic mass is 10.1. The predicted octanol–water partition coefficient (Wildman–Crippen LogP) is 4.24. The molecule has 8 heteroatoms. The van der Waals surface area contributed by atoms with E-state index in [1.54, 1.807) is 43.5 Å². The molecule has 2 aromatic carbocycles. The first-order valence-electron chi connectivity index (χ1n) is 9.83. The molecule has 2 amide bonds. The molecule has 0 unspecified atom stereocenters. The van der Waals surface area contributed by atoms with Crippen LogP contribution in [0.2, 0.25) is 0 Å². The van der Waals surface area contributed by atoms with Crippen LogP contribution in [0.5, 0.6) is 11.5 Å². The van der Waals surface area contributed by atoms with Crippen molar-refractivity contribution in [2.75, 3.05) is 25.3 Å². The molecule has 0 fully saturated rings. The number of anilines is 1. The molecule has 2 aromatic rings. The van der Waals surface area contributed by atoms with Gasteiger partial charge in [0.15, 0.2) is 21.3 Å². The molecular weight excluding hydrogens is 404 g/mol. The zero-order valence-corrected chi connectivity index (χ0v) is 18.7. The molecule has 0 aliphatic heterocycles. The van der Waals surface area contributed by atoms with Gasteiger partial charge in [-0.25, -0.2) is 13.2 Å². The molecule has 0 bridgehead atoms. The summed E-state index contributed by atoms with van der Waals surface area (Å²) in [6.45, 7) is 5.10. The molecule has 0 aliphatic carbocycles. The maximum atomic E-state index is 12.3. The average molecular weight is 435 g/mol. The Bertz CT molecular complexity index is 958. The molecule has 0 saturated carbocycles. The van der Waals surface area contributed by atoms with Crippen LogP contribution in [0, 0.1) is 5.92 Å². The van der Waals surface area contributed by atoms with Crippen molar-refractivity contribution in [3.05, 3.63) is 48.0 Å². The lowest BCUT2D eigenvalue weighted by molar-refractivity contribution is 0.251. The van der Waals surface area contributed by atoms with Crippen molar-refractivity contribution >= 4 is 21.6 Å². The topological polar surface area (TPSA) is 93.7 Å². The largest absolute Gasteiger partial charge is 0.493 e. The fourth-order valence-corrected chi connectivity index (χ4v) is 3.48. The number of nitrogens with one attached hydrogen (secondary N) is 2. The van der Waals surface area contributed by atoms with E-state index >= 15 is 0 Å². The first-order chi connectivity index (χ1) is 14.2. The summed E-state index contributed by atoms with van der Waals surface area (Å²) < 4.78 is 34.5. The van der Waals surface area contributed by atoms with E-state index < -0.39 is 15.9 Å². The number of ether oxygens (including phenoxy) is 2. The molecule has 0 spiro atoms. The van der Waals surface area contributed by atoms with Gasteiger partial charge in [0, 0.05) is 24.6 Å². The Balaban J connectivity index is 1.95. The Morgan fingerprint density at radius 2 is 1.87 bits per heavy atom. The molecule has 0 atom stereocenters. The average Bonchev–Trinajstić information content (AvgIpc) is 2.69. The molecule has 0 radical (unpaired) electrons. The van der Waals surface area contributed by atoms with Crippen molar-refractivity contribution in [1.29, 1.82) is 0 Å². The molecule has 2 rings (SSSR count). The van der Waals surface area contributed by atoms with Gasteiger partial charge in [-0.2, -0.15) is 0 Å². The van der Waals surface area contributed by atoms with Crippen molar-refractivity contribution in [2.45, 2.75) is 38.1 Å². The van der Waals surface area contributed by atoms with Gasteiger partial charge in [-0.3, -0.25) is 0 Å². The fraction of sp³-hybridized carbons (Fsp3) is 0.409. The highest BCUT2D eigenvalue weighted by molar-refractivity contribution is 7.90. The van der Waals surface area contributed by atoms with E-state index in [4.69, 9.17) is 9.47 Å². The second kappa shape index (κ2) is 10.9. The summed E-state index contributed by atoms with van der Waals surface area (Å²) in [5, 5.41) is 5.48. The first-order valence-corrected chi connectivity index (χ1v) is 11.7. The van der Waals surface area contributed by atoms with E-state index in [9.17, 15) is 13.2 Å². The van der Waals surface area contributed by atoms with Gasteiger partial charge in [0.2, 0.25) is 0 Å². The highest BCUT2D eigenvalue weighted by Crippen LogP contribution is 2.30. The number of sulfone groups is 1. The maximum Gasteiger partial charge on any atom is 0.319 e. The number of hydrogen-bond acceptors (Lipinski definition) is 5. The van der Waals surface area contributed by atoms with E-state index in [1.165, 1.54) is 6.07 Å². The maximum absolute atomic E-state index is 12.3. The molecule has 2 N–H and O–H groups in total. The summed E-state index contributed by atoms with van der Waals surface area (Å²) in [7, 11) is -1.72. The molecule has 30 heavy (non-hydrogen) atoms. The molecule has 164 valence electrons. The zero-order valence-electron chi connectivity index (χ0n) is 17.9. The van der Waals surface area contributed by atoms with Gasteiger partial charge in [0.25, 0.3) is 0 Å². The Labute approximate surface area is 178 Å². The lowest BCUT2D eigenvalue weighted by Gasteiger charge is -2.14. The SMILES string of the molecule is COc1ccc(NC(=O)NCc2cccc(S(C)(=O)=O)c2)cc1OCCCC(C)C. The van der Waals surface area contributed by atoms with Crippen LogP contribution in [-0.2, 0) is 16.4 Å². The minimum absolute atomic E-state index is 0.198. The Morgan fingerprint density at radius 1 is 1.10 bits per heavy atom. The van der Waals surface area contributed by atoms with E-state index in [-0.39, 0.29) is 11.4 Å². The summed E-state index contributed by atoms with van der Waals surface area (Å²) in [5.74, 6) is 1.79. The molecule has 0 saturated heterocycles. The Kier molecular flexibility index (Phi) is 8.53. The van der Waals surface area contributed by atoms with Crippen LogP contribution in [-0.4, -0.2) is 34.4 Å². The van der Waals surface area contributed by atoms with Crippen LogP contribution >= 0.6 is 0 Å². The number of hydrogen-bond donors (Lipinski definition) is 2. The van der Waals surface area contributed by atoms with Gasteiger partial charge in [-0.1, -0.05) is 26.0 Å². The van der Waals surface area contributed by atoms with E-state index in [1.807, 2.05) is 0 Å². The van der Waals surface area contributed by atoms with E-state index in [0.717, 1.165) is 19.1 Å². The molecule has 7 nitrogen and oxygen atoms in total. The van der Waals surface area contributed by atoms with Gasteiger partial charge in [0.05, 0.1) is 18.6 Å². The smallest absolute Gasteiger partial charge is 0.319 e. The number of benzene rings is 2. The number of carbonyl (C=O) groups excluding carboxylic acids is 1. The third-order valence-corrected chi connectivity index (χ3v) is 5.49. The monoisotopic (exact) mass is 434 g/mol. The van der Waals surface area contributed by atoms with Crippen LogP contribution < -0.4 is 20.1 Å². The van der Waals surface area contributed by atoms with Crippen molar-refractivity contribution in [2.24, 2.45) is 5.92 Å². The van der Waals surface area contributed by atoms with Gasteiger partial charge in [-0.05, 0) is 48.6 Å². The quantitative estimate of drug-likeness (QED) is 0.546. The minimum Gasteiger partial charge on any atom is -0.493 e. The summed E-state index contributed by atoms with van der Waals surface area (Å²) in [4.78, 5) is 12.5. The van der Waals surface area contributed by atoms with Crippen molar-refractivity contribution < 1.29 is 22.7 Å². The molecule has 0 heterocycles. The summed E-state index contributed by atoms with van der Waals surface area (Å²) in [5.41, 5.74) is 1.26. The summed E-state index contributed by atoms with van der Waals surface area (Å²) >= 11 is 0. The highest BCUT2D eigenvalue weighted by Gasteiger charge is 2.10. The zero-order chi connectivity index (χ0) is 22.1. The standard InChI is InChI=1S/C22H30N2O5S/c1-16(2)7-6-12-29-21-14-18(10-11-20(21)28-3)24-22(25)23-15-17-8-5-9-19(13-17)30(4,26)27/h5,8-11,13-14,16H,6-7,12,15H2,1-4H3,(H2,23,24,25). The normalized spacial score (nSPS) is 11.2. The third kappa shape index (κ3) is 7.59. The van der Waals surface area contributed by atoms with Gasteiger partial charge >= 0.3 is 6.03 Å². The fourth-order valence-electron chi connectivity index (χ4n) is 2.78. The Hall–Kier alpha value is -2.74. The highest BCUT2D eigenvalue weighted by atomic mass is 32.2. The molecule has 0 aliphatic rings. The number of urea groups is 1. The van der Waals surface area contributed by atoms with Crippen LogP contribution in [0.15, 0.2) is 47.4 Å². The van der Waals surface area contributed by atoms with Crippen LogP contribution in [0.3, 0.4) is 0 Å². The lowest BCUT2D eigenvalue weighted by Crippen LogP contribution is -2.28. The van der Waals surface area contributed by atoms with Crippen LogP contribution in [0.4, 0.5) is 10.5 Å². The van der Waals surface area contributed by atoms with Gasteiger partial charge < -0.3 is 20.1 Å². The van der Waals surface area contributed by atoms with Crippen molar-refractivity contribution in [3.63, 3.8) is 0 Å². The third-order valence-electron chi connectivity index (χ3n) is 4.38. The second-order valence-corrected chi connectivity index (χ2v) is 9.49. The number of rotatable bonds is 10. The van der Waals surface area contributed by atoms with Gasteiger partial charge in [0.1, 0.15) is 0 Å². The number of amides is 2. The first kappa shape index (κ1) is 23.5. The van der Waals surface area contributed by atoms with E-state index in [0.29, 0.717) is 35.3 Å². The second-order valence-electron chi connectivity index (χ2n) is 7.48. The van der Waals surface area contributed by atoms with Gasteiger partial charge in [-0.15, -0.1) is 0 Å². The summed E-state index contributed by atoms with van der Waals surface area (Å²) in [6, 6.07) is 11.3. The minimum atomic E-state index is -3.29. The van der Waals surface area contributed by atoms with Crippen molar-refractivity contribution in [1.82, 2.24) is 5.32 Å². The molecule has 0 aromatic heterocycles. The Morgan fingerprint density at radius 3 is 2.53 bits per heavy atom. The number of carbonyl (C=O) groups is 1. The number of methoxy groups -OCH3 is 1. The van der Waals surface area contributed by atoms with Crippen LogP contribution in [0.25, 0.3) is 0 Å². The predicted molar refractivity (Wildman–Crippen MR) is 118 cm³/mol. The van der Waals surface area contributed by atoms with Crippen molar-refractivity contribution in [3.8, 4) is 11.5 Å². The molecular formula is C22H30N2O5S. The van der Waals surface area contributed by atoms with E-state index in [2.05, 4.69) is 24.5 Å². The van der Waals surface area contributed by atoms with Crippen LogP contribution in [0.1, 0.15) is 32.3 Å².